The number of piperazine rings is 1. The molecule has 1 saturated heterocycles. The van der Waals surface area contributed by atoms with Crippen LogP contribution in [0.2, 0.25) is 0 Å². The molecule has 0 amide bonds. The molecule has 2 N–H and O–H groups in total. The van der Waals surface area contributed by atoms with Crippen molar-refractivity contribution in [2.75, 3.05) is 36.8 Å². The Kier molecular flexibility index (Phi) is 5.34. The maximum atomic E-state index is 14.2. The van der Waals surface area contributed by atoms with Crippen molar-refractivity contribution < 1.29 is 8.78 Å². The van der Waals surface area contributed by atoms with Gasteiger partial charge in [0.15, 0.2) is 0 Å². The summed E-state index contributed by atoms with van der Waals surface area (Å²) in [6, 6.07) is 4.38. The Morgan fingerprint density at radius 1 is 1.25 bits per heavy atom. The van der Waals surface area contributed by atoms with Crippen molar-refractivity contribution in [2.45, 2.75) is 25.8 Å². The predicted octanol–water partition coefficient (Wildman–Crippen LogP) is 2.98. The van der Waals surface area contributed by atoms with Gasteiger partial charge in [-0.3, -0.25) is 4.90 Å². The van der Waals surface area contributed by atoms with Gasteiger partial charge in [-0.2, -0.15) is 10.1 Å². The molecule has 5 rings (SSSR count). The fourth-order valence-electron chi connectivity index (χ4n) is 4.63. The van der Waals surface area contributed by atoms with Gasteiger partial charge in [-0.1, -0.05) is 12.2 Å². The van der Waals surface area contributed by atoms with E-state index in [1.807, 2.05) is 6.92 Å². The first-order valence-electron chi connectivity index (χ1n) is 10.8. The summed E-state index contributed by atoms with van der Waals surface area (Å²) in [5, 5.41) is 4.39. The number of hydrogen-bond acceptors (Lipinski definition) is 6. The molecular weight excluding hydrogens is 412 g/mol. The average molecular weight is 437 g/mol. The number of anilines is 2. The standard InChI is InChI=1S/C23H25F2N7/c1-15-16(13-28-32(15)23-27-7-6-22(26)29-23)3-2-8-30-9-10-31-18(14-30)4-5-19-20(25)11-17(24)12-21(19)31/h2-3,6-7,11-13,18H,4-5,8-10,14H2,1H3,(H2,26,27,29). The van der Waals surface area contributed by atoms with Crippen molar-refractivity contribution in [1.29, 1.82) is 0 Å². The van der Waals surface area contributed by atoms with Gasteiger partial charge in [-0.05, 0) is 31.9 Å². The van der Waals surface area contributed by atoms with Crippen LogP contribution in [0.3, 0.4) is 0 Å². The molecule has 1 aromatic carbocycles. The van der Waals surface area contributed by atoms with E-state index in [1.165, 1.54) is 6.07 Å². The van der Waals surface area contributed by atoms with Crippen LogP contribution in [0.4, 0.5) is 20.3 Å². The highest BCUT2D eigenvalue weighted by Gasteiger charge is 2.32. The third-order valence-corrected chi connectivity index (χ3v) is 6.30. The Hall–Kier alpha value is -3.33. The summed E-state index contributed by atoms with van der Waals surface area (Å²) >= 11 is 0. The Balaban J connectivity index is 1.24. The van der Waals surface area contributed by atoms with Gasteiger partial charge in [-0.25, -0.2) is 18.4 Å². The van der Waals surface area contributed by atoms with E-state index >= 15 is 0 Å². The first-order valence-corrected chi connectivity index (χ1v) is 10.8. The summed E-state index contributed by atoms with van der Waals surface area (Å²) < 4.78 is 29.6. The normalized spacial score (nSPS) is 18.7. The summed E-state index contributed by atoms with van der Waals surface area (Å²) in [7, 11) is 0. The van der Waals surface area contributed by atoms with Crippen LogP contribution in [-0.2, 0) is 6.42 Å². The number of nitrogens with two attached hydrogens (primary N) is 1. The van der Waals surface area contributed by atoms with E-state index in [9.17, 15) is 8.78 Å². The number of rotatable bonds is 4. The molecule has 32 heavy (non-hydrogen) atoms. The minimum Gasteiger partial charge on any atom is -0.384 e. The molecule has 0 aliphatic carbocycles. The average Bonchev–Trinajstić information content (AvgIpc) is 3.13. The summed E-state index contributed by atoms with van der Waals surface area (Å²) in [5.74, 6) is -0.0873. The van der Waals surface area contributed by atoms with Gasteiger partial charge in [0.2, 0.25) is 0 Å². The zero-order valence-corrected chi connectivity index (χ0v) is 17.9. The second-order valence-corrected chi connectivity index (χ2v) is 8.31. The molecule has 1 fully saturated rings. The largest absolute Gasteiger partial charge is 0.384 e. The molecule has 9 heteroatoms. The van der Waals surface area contributed by atoms with E-state index in [4.69, 9.17) is 5.73 Å². The van der Waals surface area contributed by atoms with Gasteiger partial charge in [-0.15, -0.1) is 0 Å². The van der Waals surface area contributed by atoms with Crippen LogP contribution in [0.1, 0.15) is 23.2 Å². The molecule has 0 bridgehead atoms. The molecule has 1 unspecified atom stereocenters. The fourth-order valence-corrected chi connectivity index (χ4v) is 4.63. The summed E-state index contributed by atoms with van der Waals surface area (Å²) in [6.07, 6.45) is 9.11. The molecule has 0 saturated carbocycles. The van der Waals surface area contributed by atoms with Crippen molar-refractivity contribution in [3.8, 4) is 5.95 Å². The highest BCUT2D eigenvalue weighted by atomic mass is 19.1. The number of nitrogen functional groups attached to an aromatic ring is 1. The van der Waals surface area contributed by atoms with Crippen molar-refractivity contribution >= 4 is 17.6 Å². The van der Waals surface area contributed by atoms with Gasteiger partial charge in [0, 0.05) is 61.3 Å². The van der Waals surface area contributed by atoms with E-state index in [1.54, 1.807) is 23.1 Å². The molecule has 166 valence electrons. The Labute approximate surface area is 185 Å². The van der Waals surface area contributed by atoms with Gasteiger partial charge in [0.1, 0.15) is 17.5 Å². The molecule has 7 nitrogen and oxygen atoms in total. The number of nitrogens with zero attached hydrogens (tertiary/aromatic N) is 6. The van der Waals surface area contributed by atoms with Crippen molar-refractivity contribution in [3.05, 3.63) is 65.1 Å². The molecule has 1 atom stereocenters. The van der Waals surface area contributed by atoms with Crippen LogP contribution >= 0.6 is 0 Å². The Morgan fingerprint density at radius 2 is 2.12 bits per heavy atom. The molecule has 3 aromatic rings. The lowest BCUT2D eigenvalue weighted by Gasteiger charge is -2.46. The highest BCUT2D eigenvalue weighted by molar-refractivity contribution is 5.58. The zero-order valence-electron chi connectivity index (χ0n) is 17.9. The van der Waals surface area contributed by atoms with Crippen LogP contribution < -0.4 is 10.6 Å². The van der Waals surface area contributed by atoms with Crippen molar-refractivity contribution in [1.82, 2.24) is 24.6 Å². The Morgan fingerprint density at radius 3 is 2.97 bits per heavy atom. The van der Waals surface area contributed by atoms with Gasteiger partial charge in [0.25, 0.3) is 5.95 Å². The minimum atomic E-state index is -0.508. The molecule has 4 heterocycles. The third kappa shape index (κ3) is 3.84. The second-order valence-electron chi connectivity index (χ2n) is 8.31. The molecular formula is C23H25F2N7. The van der Waals surface area contributed by atoms with E-state index in [-0.39, 0.29) is 6.04 Å². The lowest BCUT2D eigenvalue weighted by atomic mass is 9.93. The third-order valence-electron chi connectivity index (χ3n) is 6.30. The van der Waals surface area contributed by atoms with Crippen molar-refractivity contribution in [3.63, 3.8) is 0 Å². The SMILES string of the molecule is Cc1c(C=CCN2CCN3c4cc(F)cc(F)c4CCC3C2)cnn1-c1nccc(N)n1. The van der Waals surface area contributed by atoms with E-state index < -0.39 is 11.6 Å². The number of benzene rings is 1. The smallest absolute Gasteiger partial charge is 0.252 e. The minimum absolute atomic E-state index is 0.274. The van der Waals surface area contributed by atoms with Crippen LogP contribution in [0.25, 0.3) is 12.0 Å². The van der Waals surface area contributed by atoms with E-state index in [0.717, 1.165) is 55.6 Å². The van der Waals surface area contributed by atoms with Crippen LogP contribution in [0, 0.1) is 18.6 Å². The van der Waals surface area contributed by atoms with Gasteiger partial charge in [0.05, 0.1) is 11.9 Å². The van der Waals surface area contributed by atoms with Crippen molar-refractivity contribution in [2.24, 2.45) is 0 Å². The van der Waals surface area contributed by atoms with Gasteiger partial charge < -0.3 is 10.6 Å². The van der Waals surface area contributed by atoms with E-state index in [2.05, 4.69) is 37.0 Å². The molecule has 2 aliphatic rings. The number of fused-ring (bicyclic) bond motifs is 3. The number of hydrogen-bond donors (Lipinski definition) is 1. The number of aromatic nitrogens is 4. The van der Waals surface area contributed by atoms with Crippen LogP contribution in [0.15, 0.2) is 36.7 Å². The summed E-state index contributed by atoms with van der Waals surface area (Å²) in [6.45, 7) is 5.24. The van der Waals surface area contributed by atoms with Gasteiger partial charge >= 0.3 is 0 Å². The fraction of sp³-hybridized carbons (Fsp3) is 0.348. The number of halogens is 2. The summed E-state index contributed by atoms with van der Waals surface area (Å²) in [4.78, 5) is 13.0. The molecule has 0 radical (unpaired) electrons. The maximum Gasteiger partial charge on any atom is 0.252 e. The molecule has 2 aliphatic heterocycles. The van der Waals surface area contributed by atoms with Crippen LogP contribution in [-0.4, -0.2) is 56.9 Å². The summed E-state index contributed by atoms with van der Waals surface area (Å²) in [5.41, 5.74) is 9.05. The highest BCUT2D eigenvalue weighted by Crippen LogP contribution is 2.35. The lowest BCUT2D eigenvalue weighted by Crippen LogP contribution is -2.55. The van der Waals surface area contributed by atoms with E-state index in [0.29, 0.717) is 23.8 Å². The first kappa shape index (κ1) is 20.6. The maximum absolute atomic E-state index is 14.2. The first-order chi connectivity index (χ1) is 15.5. The molecule has 2 aromatic heterocycles. The zero-order chi connectivity index (χ0) is 22.2. The topological polar surface area (TPSA) is 76.1 Å². The lowest BCUT2D eigenvalue weighted by molar-refractivity contribution is 0.233. The van der Waals surface area contributed by atoms with Crippen LogP contribution in [0.5, 0.6) is 0 Å². The molecule has 0 spiro atoms. The second kappa shape index (κ2) is 8.31. The quantitative estimate of drug-likeness (QED) is 0.676. The monoisotopic (exact) mass is 437 g/mol. The predicted molar refractivity (Wildman–Crippen MR) is 120 cm³/mol. The Bertz CT molecular complexity index is 1170.